The van der Waals surface area contributed by atoms with Crippen molar-refractivity contribution < 1.29 is 4.74 Å². The number of aromatic nitrogens is 2. The molecule has 1 aliphatic heterocycles. The fraction of sp³-hybridized carbons (Fsp3) is 0.0556. The molecule has 2 heterocycles. The van der Waals surface area contributed by atoms with E-state index in [1.807, 2.05) is 24.3 Å². The summed E-state index contributed by atoms with van der Waals surface area (Å²) in [6.45, 7) is 0. The van der Waals surface area contributed by atoms with E-state index in [2.05, 4.69) is 176 Å². The van der Waals surface area contributed by atoms with Gasteiger partial charge < -0.3 is 4.74 Å². The van der Waals surface area contributed by atoms with Crippen LogP contribution in [0.3, 0.4) is 0 Å². The standard InChI is InChI=1S/C54H35N3O/c55-34-35-14-11-19-38(30-35)39-20-12-21-40(31-39)42-22-13-25-47-52(42)43-32-41(53-56-48(36-15-3-1-4-16-36)33-49(57-53)37-17-5-2-6-18-37)28-29-44(43)54(47)45-23-7-9-26-50(45)58-51-27-10-8-24-46(51)54/h1-17,19-33,37H,18H2. The summed E-state index contributed by atoms with van der Waals surface area (Å²) in [4.78, 5) is 10.6. The monoisotopic (exact) mass is 741 g/mol. The van der Waals surface area contributed by atoms with Gasteiger partial charge in [-0.1, -0.05) is 152 Å². The van der Waals surface area contributed by atoms with Crippen LogP contribution in [0.4, 0.5) is 0 Å². The van der Waals surface area contributed by atoms with E-state index >= 15 is 0 Å². The van der Waals surface area contributed by atoms with Gasteiger partial charge in [0.05, 0.1) is 28.4 Å². The first-order valence-electron chi connectivity index (χ1n) is 19.7. The van der Waals surface area contributed by atoms with Gasteiger partial charge in [-0.2, -0.15) is 5.26 Å². The Bertz CT molecular complexity index is 3000. The molecule has 272 valence electrons. The largest absolute Gasteiger partial charge is 0.457 e. The van der Waals surface area contributed by atoms with E-state index in [1.54, 1.807) is 0 Å². The van der Waals surface area contributed by atoms with Gasteiger partial charge in [0.2, 0.25) is 0 Å². The Kier molecular flexibility index (Phi) is 7.87. The minimum absolute atomic E-state index is 0.163. The molecule has 0 fully saturated rings. The predicted molar refractivity (Wildman–Crippen MR) is 232 cm³/mol. The number of hydrogen-bond acceptors (Lipinski definition) is 4. The first-order chi connectivity index (χ1) is 28.7. The predicted octanol–water partition coefficient (Wildman–Crippen LogP) is 13.1. The number of nitriles is 1. The van der Waals surface area contributed by atoms with Gasteiger partial charge in [-0.05, 0) is 93.4 Å². The molecule has 7 aromatic carbocycles. The SMILES string of the molecule is N#Cc1cccc(-c2cccc(-c3cccc4c3-c3cc(-c5nc(-c6ccccc6)cc(C6C=CC=CC6)n5)ccc3C43c4ccccc4Oc4ccccc43)c2)c1. The average Bonchev–Trinajstić information content (AvgIpc) is 3.59. The summed E-state index contributed by atoms with van der Waals surface area (Å²) in [5.74, 6) is 2.57. The van der Waals surface area contributed by atoms with Crippen molar-refractivity contribution >= 4 is 0 Å². The van der Waals surface area contributed by atoms with Crippen LogP contribution in [0.2, 0.25) is 0 Å². The van der Waals surface area contributed by atoms with Crippen LogP contribution in [0.25, 0.3) is 56.0 Å². The molecule has 1 unspecified atom stereocenters. The molecule has 0 bridgehead atoms. The van der Waals surface area contributed by atoms with Gasteiger partial charge in [0.15, 0.2) is 5.82 Å². The highest BCUT2D eigenvalue weighted by atomic mass is 16.5. The summed E-state index contributed by atoms with van der Waals surface area (Å²) in [5.41, 5.74) is 15.2. The number of nitrogens with zero attached hydrogens (tertiary/aromatic N) is 3. The molecule has 0 saturated heterocycles. The van der Waals surface area contributed by atoms with Crippen LogP contribution >= 0.6 is 0 Å². The molecule has 1 atom stereocenters. The minimum atomic E-state index is -0.638. The molecule has 11 rings (SSSR count). The number of hydrogen-bond donors (Lipinski definition) is 0. The maximum absolute atomic E-state index is 9.69. The number of allylic oxidation sites excluding steroid dienone is 4. The smallest absolute Gasteiger partial charge is 0.160 e. The Morgan fingerprint density at radius 2 is 1.22 bits per heavy atom. The number of rotatable bonds is 5. The highest BCUT2D eigenvalue weighted by Gasteiger charge is 2.51. The van der Waals surface area contributed by atoms with Gasteiger partial charge in [0, 0.05) is 28.2 Å². The quantitative estimate of drug-likeness (QED) is 0.176. The second-order valence-electron chi connectivity index (χ2n) is 15.1. The minimum Gasteiger partial charge on any atom is -0.457 e. The lowest BCUT2D eigenvalue weighted by molar-refractivity contribution is 0.436. The third-order valence-corrected chi connectivity index (χ3v) is 11.9. The summed E-state index contributed by atoms with van der Waals surface area (Å²) >= 11 is 0. The molecule has 1 aromatic heterocycles. The van der Waals surface area contributed by atoms with Gasteiger partial charge in [0.1, 0.15) is 11.5 Å². The first-order valence-corrected chi connectivity index (χ1v) is 19.7. The van der Waals surface area contributed by atoms with E-state index in [-0.39, 0.29) is 5.92 Å². The molecule has 0 N–H and O–H groups in total. The lowest BCUT2D eigenvalue weighted by atomic mass is 9.66. The summed E-state index contributed by atoms with van der Waals surface area (Å²) < 4.78 is 6.66. The Hall–Kier alpha value is -7.61. The molecule has 3 aliphatic rings. The molecule has 0 saturated carbocycles. The van der Waals surface area contributed by atoms with E-state index in [4.69, 9.17) is 14.7 Å². The number of fused-ring (bicyclic) bond motifs is 9. The van der Waals surface area contributed by atoms with Crippen molar-refractivity contribution in [1.82, 2.24) is 9.97 Å². The van der Waals surface area contributed by atoms with Gasteiger partial charge in [-0.15, -0.1) is 0 Å². The average molecular weight is 742 g/mol. The van der Waals surface area contributed by atoms with E-state index in [0.717, 1.165) is 79.4 Å². The zero-order valence-electron chi connectivity index (χ0n) is 31.5. The third-order valence-electron chi connectivity index (χ3n) is 11.9. The van der Waals surface area contributed by atoms with Crippen LogP contribution in [0, 0.1) is 11.3 Å². The second-order valence-corrected chi connectivity index (χ2v) is 15.1. The van der Waals surface area contributed by atoms with Crippen molar-refractivity contribution in [3.63, 3.8) is 0 Å². The Labute approximate surface area is 337 Å². The van der Waals surface area contributed by atoms with Crippen molar-refractivity contribution in [2.75, 3.05) is 0 Å². The Balaban J connectivity index is 1.18. The summed E-state index contributed by atoms with van der Waals surface area (Å²) in [5, 5.41) is 9.69. The maximum Gasteiger partial charge on any atom is 0.160 e. The zero-order chi connectivity index (χ0) is 38.6. The molecule has 4 nitrogen and oxygen atoms in total. The second kappa shape index (κ2) is 13.5. The third kappa shape index (κ3) is 5.29. The van der Waals surface area contributed by atoms with Crippen molar-refractivity contribution in [3.8, 4) is 73.6 Å². The lowest BCUT2D eigenvalue weighted by Crippen LogP contribution is -2.32. The van der Waals surface area contributed by atoms with Crippen molar-refractivity contribution in [1.29, 1.82) is 5.26 Å². The molecule has 0 radical (unpaired) electrons. The van der Waals surface area contributed by atoms with Crippen LogP contribution in [0.15, 0.2) is 194 Å². The van der Waals surface area contributed by atoms with Crippen molar-refractivity contribution in [2.45, 2.75) is 17.8 Å². The van der Waals surface area contributed by atoms with E-state index < -0.39 is 5.41 Å². The molecule has 4 heteroatoms. The van der Waals surface area contributed by atoms with Gasteiger partial charge in [-0.25, -0.2) is 9.97 Å². The van der Waals surface area contributed by atoms with Crippen LogP contribution < -0.4 is 4.74 Å². The lowest BCUT2D eigenvalue weighted by Gasteiger charge is -2.39. The Morgan fingerprint density at radius 1 is 0.534 bits per heavy atom. The van der Waals surface area contributed by atoms with Gasteiger partial charge in [0.25, 0.3) is 0 Å². The molecule has 1 spiro atoms. The molecule has 0 amide bonds. The van der Waals surface area contributed by atoms with E-state index in [1.165, 1.54) is 16.7 Å². The Morgan fingerprint density at radius 3 is 2.00 bits per heavy atom. The normalized spacial score (nSPS) is 15.1. The summed E-state index contributed by atoms with van der Waals surface area (Å²) in [6.07, 6.45) is 9.56. The molecular weight excluding hydrogens is 707 g/mol. The van der Waals surface area contributed by atoms with Gasteiger partial charge in [-0.3, -0.25) is 0 Å². The topological polar surface area (TPSA) is 58.8 Å². The molecular formula is C54H35N3O. The molecule has 58 heavy (non-hydrogen) atoms. The number of para-hydroxylation sites is 2. The first kappa shape index (κ1) is 33.7. The van der Waals surface area contributed by atoms with E-state index in [9.17, 15) is 5.26 Å². The van der Waals surface area contributed by atoms with Crippen LogP contribution in [-0.2, 0) is 5.41 Å². The summed E-state index contributed by atoms with van der Waals surface area (Å²) in [7, 11) is 0. The van der Waals surface area contributed by atoms with Crippen LogP contribution in [0.5, 0.6) is 11.5 Å². The highest BCUT2D eigenvalue weighted by Crippen LogP contribution is 2.63. The maximum atomic E-state index is 9.69. The van der Waals surface area contributed by atoms with Crippen molar-refractivity contribution in [3.05, 3.63) is 228 Å². The fourth-order valence-electron chi connectivity index (χ4n) is 9.31. The highest BCUT2D eigenvalue weighted by molar-refractivity contribution is 5.98. The van der Waals surface area contributed by atoms with Gasteiger partial charge >= 0.3 is 0 Å². The van der Waals surface area contributed by atoms with Crippen LogP contribution in [0.1, 0.15) is 45.8 Å². The van der Waals surface area contributed by atoms with E-state index in [0.29, 0.717) is 11.4 Å². The summed E-state index contributed by atoms with van der Waals surface area (Å²) in [6, 6.07) is 61.9. The van der Waals surface area contributed by atoms with Crippen molar-refractivity contribution in [2.24, 2.45) is 0 Å². The molecule has 2 aliphatic carbocycles. The molecule has 8 aromatic rings. The fourth-order valence-corrected chi connectivity index (χ4v) is 9.31. The van der Waals surface area contributed by atoms with Crippen LogP contribution in [-0.4, -0.2) is 9.97 Å². The number of benzene rings is 7. The number of ether oxygens (including phenoxy) is 1. The zero-order valence-corrected chi connectivity index (χ0v) is 31.5.